The molecule has 0 atom stereocenters. The molecule has 3 amide bonds. The molecule has 0 aliphatic carbocycles. The number of nitrogens with one attached hydrogen (secondary N) is 3. The maximum atomic E-state index is 12.1. The molecule has 18 nitrogen and oxygen atoms in total. The molecule has 0 fully saturated rings. The maximum Gasteiger partial charge on any atom is 0.255 e. The normalized spacial score (nSPS) is 12.3. The van der Waals surface area contributed by atoms with Gasteiger partial charge in [-0.2, -0.15) is 0 Å². The Morgan fingerprint density at radius 1 is 0.423 bits per heavy atom. The van der Waals surface area contributed by atoms with Crippen molar-refractivity contribution in [3.63, 3.8) is 0 Å². The lowest BCUT2D eigenvalue weighted by Crippen LogP contribution is -2.17. The van der Waals surface area contributed by atoms with Crippen LogP contribution in [0.1, 0.15) is 127 Å². The first-order valence-electron chi connectivity index (χ1n) is 25.6. The third-order valence-corrected chi connectivity index (χ3v) is 14.3. The quantitative estimate of drug-likeness (QED) is 0.0834. The van der Waals surface area contributed by atoms with Crippen LogP contribution in [0.15, 0.2) is 129 Å². The predicted octanol–water partition coefficient (Wildman–Crippen LogP) is 10.8. The van der Waals surface area contributed by atoms with E-state index in [-0.39, 0.29) is 51.2 Å². The van der Waals surface area contributed by atoms with Crippen LogP contribution in [0.3, 0.4) is 0 Å². The summed E-state index contributed by atoms with van der Waals surface area (Å²) in [5.74, 6) is 0.232. The average molecular weight is 1050 g/mol. The van der Waals surface area contributed by atoms with E-state index in [1.54, 1.807) is 24.3 Å². The number of benzene rings is 6. The average Bonchev–Trinajstić information content (AvgIpc) is 2.88. The van der Waals surface area contributed by atoms with Crippen LogP contribution in [-0.4, -0.2) is 75.2 Å². The third-order valence-electron chi connectivity index (χ3n) is 14.3. The van der Waals surface area contributed by atoms with Crippen molar-refractivity contribution in [3.05, 3.63) is 179 Å². The highest BCUT2D eigenvalue weighted by atomic mass is 16.3. The largest absolute Gasteiger partial charge is 0.506 e. The SMILES string of the molecule is C=CNC(=O)c1ccc2c(c1)n1n(-c3cc(C(C)(C)C)cc(C(C)(C)C)c3O)n21.C=CNC(=O)c1ccc2c(c1)n1n(-c3cc(C)c(C)cc3O)n21.C=CNC(=O)c1ccc2c(c1)n1n(-c3cc(C)cc(C(C)(C)C)c3O)n21. The Kier molecular flexibility index (Phi) is 12.1. The van der Waals surface area contributed by atoms with Gasteiger partial charge < -0.3 is 31.3 Å². The lowest BCUT2D eigenvalue weighted by atomic mass is 9.80. The predicted molar refractivity (Wildman–Crippen MR) is 305 cm³/mol. The first kappa shape index (κ1) is 52.0. The standard InChI is InChI=1S/C23H28N4O2.C20H22N4O2.C17H16N4O2/c1-8-24-21(29)14-9-10-17-18(11-14)26-25(17)27(26)19-13-15(22(2,3)4)12-16(20(19)28)23(5,6)7;1-6-21-19(26)13-7-8-15-16(11-13)23-22(15)24(23)17-10-12(2)9-14(18(17)25)20(3,4)5;1-4-18-17(23)12-5-6-13-14(9-12)20-19(13)21(20)15-7-10(2)11(3)8-16(15)22/h8-13,28H,1H2,2-7H3,(H,24,29);6-11,25H,1H2,2-5H3,(H,21,26);4-9,22H,1H2,2-3H3,(H,18,23). The molecule has 0 aliphatic heterocycles. The van der Waals surface area contributed by atoms with Crippen LogP contribution in [0.25, 0.3) is 50.2 Å². The zero-order valence-corrected chi connectivity index (χ0v) is 46.1. The van der Waals surface area contributed by atoms with Gasteiger partial charge in [-0.1, -0.05) is 94.2 Å². The number of hydrogen-bond donors (Lipinski definition) is 6. The van der Waals surface area contributed by atoms with Gasteiger partial charge in [-0.3, -0.25) is 14.4 Å². The minimum absolute atomic E-state index is 0.0506. The number of carbonyl (C=O) groups is 3. The smallest absolute Gasteiger partial charge is 0.255 e. The number of phenols is 3. The molecule has 6 aromatic carbocycles. The van der Waals surface area contributed by atoms with Crippen molar-refractivity contribution in [3.8, 4) is 34.3 Å². The molecule has 12 aromatic rings. The molecule has 0 radical (unpaired) electrons. The minimum atomic E-state index is -0.192. The van der Waals surface area contributed by atoms with Crippen LogP contribution in [0.2, 0.25) is 0 Å². The molecular weight excluding hydrogens is 985 g/mol. The monoisotopic (exact) mass is 1050 g/mol. The van der Waals surface area contributed by atoms with Crippen LogP contribution in [0.4, 0.5) is 0 Å². The Morgan fingerprint density at radius 3 is 1.14 bits per heavy atom. The Morgan fingerprint density at radius 2 is 0.769 bits per heavy atom. The number of amides is 3. The fraction of sp³-hybridized carbons (Fsp3) is 0.250. The molecule has 0 unspecified atom stereocenters. The first-order valence-corrected chi connectivity index (χ1v) is 25.6. The zero-order chi connectivity index (χ0) is 56.4. The number of hydrogen-bond acceptors (Lipinski definition) is 6. The highest BCUT2D eigenvalue weighted by Crippen LogP contribution is 2.42. The van der Waals surface area contributed by atoms with E-state index >= 15 is 0 Å². The number of nitrogens with zero attached hydrogens (tertiary/aromatic N) is 9. The number of rotatable bonds is 9. The molecule has 78 heavy (non-hydrogen) atoms. The lowest BCUT2D eigenvalue weighted by Gasteiger charge is -2.26. The van der Waals surface area contributed by atoms with Crippen molar-refractivity contribution in [1.29, 1.82) is 0 Å². The van der Waals surface area contributed by atoms with Crippen molar-refractivity contribution >= 4 is 50.8 Å². The van der Waals surface area contributed by atoms with Crippen LogP contribution in [0, 0.1) is 20.8 Å². The summed E-state index contributed by atoms with van der Waals surface area (Å²) >= 11 is 0. The molecule has 18 heteroatoms. The second kappa shape index (κ2) is 18.1. The van der Waals surface area contributed by atoms with Gasteiger partial charge in [0.05, 0.1) is 0 Å². The van der Waals surface area contributed by atoms with Crippen molar-refractivity contribution in [2.45, 2.75) is 99.3 Å². The minimum Gasteiger partial charge on any atom is -0.506 e. The number of carbonyl (C=O) groups excluding carboxylic acids is 3. The first-order chi connectivity index (χ1) is 36.7. The Balaban J connectivity index is 0.000000133. The molecule has 0 saturated carbocycles. The molecule has 402 valence electrons. The Hall–Kier alpha value is -9.45. The number of phenolic OH excluding ortho intramolecular Hbond substituents is 3. The highest BCUT2D eigenvalue weighted by molar-refractivity contribution is 6.00. The van der Waals surface area contributed by atoms with Crippen LogP contribution in [-0.2, 0) is 16.2 Å². The molecular formula is C60H66N12O6. The van der Waals surface area contributed by atoms with Gasteiger partial charge in [0.2, 0.25) is 0 Å². The van der Waals surface area contributed by atoms with Gasteiger partial charge in [-0.15, -0.1) is 42.2 Å². The maximum absolute atomic E-state index is 12.1. The van der Waals surface area contributed by atoms with E-state index in [9.17, 15) is 29.7 Å². The van der Waals surface area contributed by atoms with E-state index in [1.165, 1.54) is 24.2 Å². The fourth-order valence-corrected chi connectivity index (χ4v) is 9.80. The van der Waals surface area contributed by atoms with Gasteiger partial charge in [0.25, 0.3) is 17.7 Å². The highest BCUT2D eigenvalue weighted by Gasteiger charge is 2.33. The van der Waals surface area contributed by atoms with Gasteiger partial charge in [-0.05, 0) is 157 Å². The van der Waals surface area contributed by atoms with Crippen LogP contribution in [0.5, 0.6) is 17.2 Å². The molecule has 6 heterocycles. The van der Waals surface area contributed by atoms with Crippen molar-refractivity contribution in [2.75, 3.05) is 0 Å². The molecule has 6 aromatic heterocycles. The second-order valence-electron chi connectivity index (χ2n) is 23.0. The van der Waals surface area contributed by atoms with Crippen LogP contribution >= 0.6 is 0 Å². The third kappa shape index (κ3) is 8.58. The van der Waals surface area contributed by atoms with E-state index in [2.05, 4.69) is 110 Å². The molecule has 6 N–H and O–H groups in total. The molecule has 0 aliphatic rings. The van der Waals surface area contributed by atoms with Gasteiger partial charge in [-0.25, -0.2) is 0 Å². The molecule has 0 bridgehead atoms. The summed E-state index contributed by atoms with van der Waals surface area (Å²) in [4.78, 5) is 41.7. The van der Waals surface area contributed by atoms with Gasteiger partial charge >= 0.3 is 0 Å². The number of aryl methyl sites for hydroxylation is 3. The van der Waals surface area contributed by atoms with E-state index < -0.39 is 0 Å². The summed E-state index contributed by atoms with van der Waals surface area (Å²) in [6.07, 6.45) is 4.11. The summed E-state index contributed by atoms with van der Waals surface area (Å²) < 4.78 is 11.7. The second-order valence-corrected chi connectivity index (χ2v) is 23.0. The van der Waals surface area contributed by atoms with E-state index in [4.69, 9.17) is 0 Å². The summed E-state index contributed by atoms with van der Waals surface area (Å²) in [5, 5.41) is 39.9. The Bertz CT molecular complexity index is 4330. The van der Waals surface area contributed by atoms with Crippen molar-refractivity contribution in [1.82, 2.24) is 58.1 Å². The number of aromatic nitrogens is 9. The van der Waals surface area contributed by atoms with E-state index in [0.29, 0.717) is 16.7 Å². The number of aromatic hydroxyl groups is 3. The summed E-state index contributed by atoms with van der Waals surface area (Å²) in [5.41, 5.74) is 15.5. The van der Waals surface area contributed by atoms with Crippen molar-refractivity contribution in [2.24, 2.45) is 0 Å². The van der Waals surface area contributed by atoms with E-state index in [0.717, 1.165) is 78.0 Å². The molecule has 0 spiro atoms. The zero-order valence-electron chi connectivity index (χ0n) is 46.1. The summed E-state index contributed by atoms with van der Waals surface area (Å²) in [6.45, 7) is 35.6. The number of fused-ring (bicyclic) bond motifs is 12. The van der Waals surface area contributed by atoms with E-state index in [1.807, 2.05) is 118 Å². The summed E-state index contributed by atoms with van der Waals surface area (Å²) in [7, 11) is 0. The molecule has 0 saturated heterocycles. The van der Waals surface area contributed by atoms with Gasteiger partial charge in [0.1, 0.15) is 67.4 Å². The van der Waals surface area contributed by atoms with Gasteiger partial charge in [0, 0.05) is 27.8 Å². The van der Waals surface area contributed by atoms with Crippen molar-refractivity contribution < 1.29 is 29.7 Å². The van der Waals surface area contributed by atoms with Gasteiger partial charge in [0.15, 0.2) is 0 Å². The van der Waals surface area contributed by atoms with Crippen LogP contribution < -0.4 is 16.0 Å². The lowest BCUT2D eigenvalue weighted by molar-refractivity contribution is 0.0962. The molecule has 12 rings (SSSR count). The Labute approximate surface area is 450 Å². The topological polar surface area (TPSA) is 189 Å². The fourth-order valence-electron chi connectivity index (χ4n) is 9.80. The summed E-state index contributed by atoms with van der Waals surface area (Å²) in [6, 6.07) is 28.4.